The quantitative estimate of drug-likeness (QED) is 0.491. The lowest BCUT2D eigenvalue weighted by Gasteiger charge is -2.11. The molecule has 1 heterocycles. The van der Waals surface area contributed by atoms with Crippen molar-refractivity contribution in [3.05, 3.63) is 45.9 Å². The Morgan fingerprint density at radius 2 is 2.12 bits per heavy atom. The van der Waals surface area contributed by atoms with Crippen molar-refractivity contribution in [2.75, 3.05) is 25.0 Å². The molecule has 0 aliphatic rings. The number of carbonyl (C=O) groups excluding carboxylic acids is 1. The average molecular weight is 374 g/mol. The number of rotatable bonds is 8. The van der Waals surface area contributed by atoms with Crippen LogP contribution in [-0.2, 0) is 17.6 Å². The Balaban J connectivity index is 1.83. The molecule has 1 aromatic carbocycles. The van der Waals surface area contributed by atoms with E-state index in [4.69, 9.17) is 0 Å². The van der Waals surface area contributed by atoms with Gasteiger partial charge in [-0.2, -0.15) is 0 Å². The molecule has 26 heavy (non-hydrogen) atoms. The molecule has 0 unspecified atom stereocenters. The van der Waals surface area contributed by atoms with Crippen LogP contribution in [0.5, 0.6) is 0 Å². The molecule has 140 valence electrons. The Kier molecular flexibility index (Phi) is 8.08. The van der Waals surface area contributed by atoms with E-state index in [0.717, 1.165) is 36.6 Å². The number of nitrogens with one attached hydrogen (secondary N) is 3. The van der Waals surface area contributed by atoms with E-state index < -0.39 is 0 Å². The van der Waals surface area contributed by atoms with Crippen molar-refractivity contribution in [3.8, 4) is 0 Å². The summed E-state index contributed by atoms with van der Waals surface area (Å²) in [5, 5.41) is 10.4. The van der Waals surface area contributed by atoms with Crippen molar-refractivity contribution in [3.63, 3.8) is 0 Å². The minimum atomic E-state index is -0.133. The fourth-order valence-electron chi connectivity index (χ4n) is 2.37. The normalized spacial score (nSPS) is 11.3. The van der Waals surface area contributed by atoms with Crippen molar-refractivity contribution in [2.24, 2.45) is 4.99 Å². The van der Waals surface area contributed by atoms with Gasteiger partial charge < -0.3 is 16.0 Å². The van der Waals surface area contributed by atoms with Gasteiger partial charge in [-0.3, -0.25) is 4.79 Å². The highest BCUT2D eigenvalue weighted by Crippen LogP contribution is 2.11. The molecular formula is C19H27N5OS. The Labute approximate surface area is 159 Å². The second-order valence-electron chi connectivity index (χ2n) is 5.84. The summed E-state index contributed by atoms with van der Waals surface area (Å²) in [6.07, 6.45) is 3.66. The number of anilines is 1. The smallest absolute Gasteiger partial charge is 0.246 e. The first-order valence-electron chi connectivity index (χ1n) is 8.93. The van der Waals surface area contributed by atoms with Crippen LogP contribution in [0.2, 0.25) is 0 Å². The Hall–Kier alpha value is -2.41. The maximum atomic E-state index is 12.1. The maximum absolute atomic E-state index is 12.1. The molecule has 0 saturated heterocycles. The number of hydrogen-bond acceptors (Lipinski definition) is 4. The molecule has 0 aliphatic carbocycles. The van der Waals surface area contributed by atoms with E-state index in [1.165, 1.54) is 10.4 Å². The number of nitrogens with zero attached hydrogens (tertiary/aromatic N) is 2. The predicted octanol–water partition coefficient (Wildman–Crippen LogP) is 2.75. The zero-order chi connectivity index (χ0) is 18.8. The number of hydrogen-bond donors (Lipinski definition) is 3. The second kappa shape index (κ2) is 10.6. The van der Waals surface area contributed by atoms with E-state index >= 15 is 0 Å². The van der Waals surface area contributed by atoms with E-state index in [2.05, 4.69) is 39.8 Å². The van der Waals surface area contributed by atoms with Crippen LogP contribution in [0, 0.1) is 6.92 Å². The summed E-state index contributed by atoms with van der Waals surface area (Å²) in [5.74, 6) is 0.504. The third-order valence-corrected chi connectivity index (χ3v) is 4.62. The Bertz CT molecular complexity index is 741. The van der Waals surface area contributed by atoms with Gasteiger partial charge in [-0.15, -0.1) is 11.3 Å². The Morgan fingerprint density at radius 1 is 1.27 bits per heavy atom. The summed E-state index contributed by atoms with van der Waals surface area (Å²) in [6, 6.07) is 7.87. The monoisotopic (exact) mass is 373 g/mol. The molecule has 7 heteroatoms. The summed E-state index contributed by atoms with van der Waals surface area (Å²) in [7, 11) is 0. The summed E-state index contributed by atoms with van der Waals surface area (Å²) in [4.78, 5) is 22.1. The van der Waals surface area contributed by atoms with Gasteiger partial charge in [0, 0.05) is 36.3 Å². The molecule has 0 fully saturated rings. The highest BCUT2D eigenvalue weighted by atomic mass is 32.1. The first-order chi connectivity index (χ1) is 12.6. The van der Waals surface area contributed by atoms with Gasteiger partial charge in [-0.05, 0) is 38.0 Å². The lowest BCUT2D eigenvalue weighted by Crippen LogP contribution is -2.39. The zero-order valence-corrected chi connectivity index (χ0v) is 16.4. The molecule has 0 bridgehead atoms. The van der Waals surface area contributed by atoms with E-state index in [9.17, 15) is 4.79 Å². The number of aliphatic imine (C=N–C) groups is 1. The van der Waals surface area contributed by atoms with Crippen molar-refractivity contribution < 1.29 is 4.79 Å². The molecule has 0 saturated carbocycles. The van der Waals surface area contributed by atoms with E-state index in [0.29, 0.717) is 5.96 Å². The molecular weight excluding hydrogens is 346 g/mol. The number of carbonyl (C=O) groups is 1. The van der Waals surface area contributed by atoms with E-state index in [1.807, 2.05) is 37.4 Å². The maximum Gasteiger partial charge on any atom is 0.246 e. The van der Waals surface area contributed by atoms with Crippen LogP contribution in [0.1, 0.15) is 29.3 Å². The van der Waals surface area contributed by atoms with Crippen molar-refractivity contribution >= 4 is 28.9 Å². The molecule has 6 nitrogen and oxygen atoms in total. The lowest BCUT2D eigenvalue weighted by molar-refractivity contribution is -0.114. The van der Waals surface area contributed by atoms with Crippen LogP contribution in [0.25, 0.3) is 0 Å². The summed E-state index contributed by atoms with van der Waals surface area (Å²) in [6.45, 7) is 7.67. The molecule has 0 spiro atoms. The van der Waals surface area contributed by atoms with Crippen molar-refractivity contribution in [1.29, 1.82) is 0 Å². The Morgan fingerprint density at radius 3 is 2.81 bits per heavy atom. The zero-order valence-electron chi connectivity index (χ0n) is 15.6. The van der Waals surface area contributed by atoms with Crippen molar-refractivity contribution in [2.45, 2.75) is 33.6 Å². The number of benzene rings is 1. The highest BCUT2D eigenvalue weighted by molar-refractivity contribution is 7.11. The molecule has 1 aromatic heterocycles. The first-order valence-corrected chi connectivity index (χ1v) is 9.74. The van der Waals surface area contributed by atoms with E-state index in [1.54, 1.807) is 11.3 Å². The molecule has 0 aliphatic heterocycles. The van der Waals surface area contributed by atoms with Crippen LogP contribution in [-0.4, -0.2) is 36.5 Å². The van der Waals surface area contributed by atoms with Crippen LogP contribution in [0.3, 0.4) is 0 Å². The van der Waals surface area contributed by atoms with Crippen LogP contribution in [0.4, 0.5) is 5.69 Å². The van der Waals surface area contributed by atoms with Gasteiger partial charge in [0.1, 0.15) is 6.54 Å². The topological polar surface area (TPSA) is 78.4 Å². The lowest BCUT2D eigenvalue weighted by atomic mass is 10.1. The highest BCUT2D eigenvalue weighted by Gasteiger charge is 2.04. The molecule has 0 radical (unpaired) electrons. The minimum Gasteiger partial charge on any atom is -0.357 e. The molecule has 1 amide bonds. The first kappa shape index (κ1) is 19.9. The minimum absolute atomic E-state index is 0.0715. The number of aromatic nitrogens is 1. The molecule has 2 rings (SSSR count). The van der Waals surface area contributed by atoms with Crippen LogP contribution in [0.15, 0.2) is 35.5 Å². The number of aryl methyl sites for hydroxylation is 2. The van der Waals surface area contributed by atoms with Gasteiger partial charge >= 0.3 is 0 Å². The second-order valence-corrected chi connectivity index (χ2v) is 7.16. The molecule has 2 aromatic rings. The summed E-state index contributed by atoms with van der Waals surface area (Å²) < 4.78 is 0. The number of amides is 1. The SMILES string of the molecule is CCNC(=NCC(=O)Nc1cccc(CC)c1)NCCc1ncc(C)s1. The van der Waals surface area contributed by atoms with Crippen molar-refractivity contribution in [1.82, 2.24) is 15.6 Å². The van der Waals surface area contributed by atoms with Gasteiger partial charge in [0.15, 0.2) is 5.96 Å². The summed E-state index contributed by atoms with van der Waals surface area (Å²) in [5.41, 5.74) is 2.00. The van der Waals surface area contributed by atoms with Gasteiger partial charge in [0.25, 0.3) is 0 Å². The standard InChI is InChI=1S/C19H27N5OS/c1-4-15-7-6-8-16(11-15)24-17(25)13-23-19(20-5-2)21-10-9-18-22-12-14(3)26-18/h6-8,11-12H,4-5,9-10,13H2,1-3H3,(H,24,25)(H2,20,21,23). The predicted molar refractivity (Wildman–Crippen MR) is 109 cm³/mol. The number of thiazole rings is 1. The van der Waals surface area contributed by atoms with Crippen LogP contribution < -0.4 is 16.0 Å². The van der Waals surface area contributed by atoms with Crippen LogP contribution >= 0.6 is 11.3 Å². The fraction of sp³-hybridized carbons (Fsp3) is 0.421. The van der Waals surface area contributed by atoms with Gasteiger partial charge in [0.2, 0.25) is 5.91 Å². The van der Waals surface area contributed by atoms with Gasteiger partial charge in [-0.25, -0.2) is 9.98 Å². The molecule has 0 atom stereocenters. The third kappa shape index (κ3) is 6.84. The van der Waals surface area contributed by atoms with E-state index in [-0.39, 0.29) is 12.5 Å². The van der Waals surface area contributed by atoms with Gasteiger partial charge in [0.05, 0.1) is 5.01 Å². The van der Waals surface area contributed by atoms with Gasteiger partial charge in [-0.1, -0.05) is 19.1 Å². The largest absolute Gasteiger partial charge is 0.357 e. The number of guanidine groups is 1. The summed E-state index contributed by atoms with van der Waals surface area (Å²) >= 11 is 1.70. The molecule has 3 N–H and O–H groups in total. The third-order valence-electron chi connectivity index (χ3n) is 3.64. The average Bonchev–Trinajstić information content (AvgIpc) is 3.05. The fourth-order valence-corrected chi connectivity index (χ4v) is 3.15.